The van der Waals surface area contributed by atoms with Crippen LogP contribution in [0.1, 0.15) is 13.8 Å². The lowest BCUT2D eigenvalue weighted by Crippen LogP contribution is -2.32. The van der Waals surface area contributed by atoms with Gasteiger partial charge in [-0.25, -0.2) is 4.89 Å². The summed E-state index contributed by atoms with van der Waals surface area (Å²) in [6, 6.07) is 0. The maximum Gasteiger partial charge on any atom is 0.230 e. The van der Waals surface area contributed by atoms with E-state index in [9.17, 15) is 0 Å². The topological polar surface area (TPSA) is 18.5 Å². The van der Waals surface area contributed by atoms with Gasteiger partial charge >= 0.3 is 0 Å². The largest absolute Gasteiger partial charge is 0.286 e. The highest BCUT2D eigenvalue weighted by molar-refractivity contribution is 6.69. The molecular formula is C8H18O2Si. The second-order valence-electron chi connectivity index (χ2n) is 4.09. The van der Waals surface area contributed by atoms with Gasteiger partial charge in [0, 0.05) is 0 Å². The predicted octanol–water partition coefficient (Wildman–Crippen LogP) is 2.73. The van der Waals surface area contributed by atoms with Crippen LogP contribution in [0.15, 0.2) is 12.7 Å². The van der Waals surface area contributed by atoms with E-state index >= 15 is 0 Å². The van der Waals surface area contributed by atoms with Crippen molar-refractivity contribution in [2.24, 2.45) is 0 Å². The van der Waals surface area contributed by atoms with Crippen LogP contribution in [0.5, 0.6) is 0 Å². The third-order valence-corrected chi connectivity index (χ3v) is 1.58. The molecule has 0 amide bonds. The predicted molar refractivity (Wildman–Crippen MR) is 49.8 cm³/mol. The molecule has 0 aromatic heterocycles. The van der Waals surface area contributed by atoms with Gasteiger partial charge in [0.15, 0.2) is 0 Å². The van der Waals surface area contributed by atoms with Crippen LogP contribution in [0, 0.1) is 0 Å². The van der Waals surface area contributed by atoms with Gasteiger partial charge < -0.3 is 0 Å². The van der Waals surface area contributed by atoms with Gasteiger partial charge in [-0.15, -0.1) is 6.58 Å². The van der Waals surface area contributed by atoms with Crippen molar-refractivity contribution in [1.29, 1.82) is 0 Å². The minimum atomic E-state index is -1.55. The summed E-state index contributed by atoms with van der Waals surface area (Å²) in [5.41, 5.74) is -0.375. The van der Waals surface area contributed by atoms with Crippen molar-refractivity contribution in [1.82, 2.24) is 0 Å². The summed E-state index contributed by atoms with van der Waals surface area (Å²) in [4.78, 5) is 5.19. The lowest BCUT2D eigenvalue weighted by atomic mass is 10.1. The van der Waals surface area contributed by atoms with Crippen molar-refractivity contribution in [3.05, 3.63) is 12.7 Å². The maximum atomic E-state index is 5.25. The second-order valence-corrected chi connectivity index (χ2v) is 8.48. The fourth-order valence-electron chi connectivity index (χ4n) is 0.266. The van der Waals surface area contributed by atoms with Gasteiger partial charge in [0.05, 0.1) is 0 Å². The lowest BCUT2D eigenvalue weighted by Gasteiger charge is -2.24. The minimum absolute atomic E-state index is 0.375. The molecule has 0 rings (SSSR count). The van der Waals surface area contributed by atoms with Crippen LogP contribution in [-0.2, 0) is 9.46 Å². The van der Waals surface area contributed by atoms with Gasteiger partial charge in [-0.2, -0.15) is 0 Å². The van der Waals surface area contributed by atoms with Gasteiger partial charge in [0.2, 0.25) is 8.32 Å². The Hall–Kier alpha value is -0.123. The van der Waals surface area contributed by atoms with Crippen LogP contribution in [0.25, 0.3) is 0 Å². The Morgan fingerprint density at radius 2 is 1.73 bits per heavy atom. The molecular weight excluding hydrogens is 156 g/mol. The first kappa shape index (κ1) is 10.9. The molecule has 0 spiro atoms. The quantitative estimate of drug-likeness (QED) is 0.282. The zero-order valence-corrected chi connectivity index (χ0v) is 9.10. The highest BCUT2D eigenvalue weighted by Crippen LogP contribution is 2.14. The van der Waals surface area contributed by atoms with E-state index in [1.165, 1.54) is 0 Å². The Labute approximate surface area is 70.3 Å². The fourth-order valence-corrected chi connectivity index (χ4v) is 0.731. The highest BCUT2D eigenvalue weighted by atomic mass is 28.4. The molecule has 0 bridgehead atoms. The summed E-state index contributed by atoms with van der Waals surface area (Å²) in [6.45, 7) is 13.7. The van der Waals surface area contributed by atoms with Gasteiger partial charge in [0.1, 0.15) is 5.60 Å². The first-order valence-corrected chi connectivity index (χ1v) is 7.18. The molecule has 11 heavy (non-hydrogen) atoms. The molecule has 0 aromatic carbocycles. The number of hydrogen-bond acceptors (Lipinski definition) is 2. The summed E-state index contributed by atoms with van der Waals surface area (Å²) in [5.74, 6) is 0. The van der Waals surface area contributed by atoms with Crippen LogP contribution in [0.4, 0.5) is 0 Å². The van der Waals surface area contributed by atoms with Crippen molar-refractivity contribution in [3.8, 4) is 0 Å². The molecule has 0 saturated carbocycles. The average Bonchev–Trinajstić information content (AvgIpc) is 1.83. The zero-order valence-electron chi connectivity index (χ0n) is 8.10. The normalized spacial score (nSPS) is 13.2. The van der Waals surface area contributed by atoms with E-state index in [1.807, 2.05) is 13.8 Å². The van der Waals surface area contributed by atoms with Gasteiger partial charge in [-0.1, -0.05) is 6.08 Å². The van der Waals surface area contributed by atoms with Crippen LogP contribution in [0.3, 0.4) is 0 Å². The molecule has 0 saturated heterocycles. The Balaban J connectivity index is 3.79. The molecule has 0 N–H and O–H groups in total. The average molecular weight is 174 g/mol. The van der Waals surface area contributed by atoms with Gasteiger partial charge in [-0.05, 0) is 33.5 Å². The van der Waals surface area contributed by atoms with E-state index < -0.39 is 8.32 Å². The molecule has 0 aliphatic carbocycles. The fraction of sp³-hybridized carbons (Fsp3) is 0.750. The Bertz CT molecular complexity index is 136. The Morgan fingerprint density at radius 3 is 2.00 bits per heavy atom. The van der Waals surface area contributed by atoms with Crippen LogP contribution in [-0.4, -0.2) is 13.9 Å². The monoisotopic (exact) mass is 174 g/mol. The molecule has 0 radical (unpaired) electrons. The number of hydrogen-bond donors (Lipinski definition) is 0. The van der Waals surface area contributed by atoms with E-state index in [1.54, 1.807) is 6.08 Å². The van der Waals surface area contributed by atoms with E-state index in [0.29, 0.717) is 0 Å². The minimum Gasteiger partial charge on any atom is -0.286 e. The van der Waals surface area contributed by atoms with Crippen LogP contribution < -0.4 is 0 Å². The van der Waals surface area contributed by atoms with E-state index in [2.05, 4.69) is 26.2 Å². The molecule has 3 heteroatoms. The molecule has 0 heterocycles. The molecule has 66 valence electrons. The molecule has 0 unspecified atom stereocenters. The summed E-state index contributed by atoms with van der Waals surface area (Å²) in [7, 11) is -1.55. The summed E-state index contributed by atoms with van der Waals surface area (Å²) >= 11 is 0. The van der Waals surface area contributed by atoms with Crippen molar-refractivity contribution < 1.29 is 9.46 Å². The molecule has 0 aliphatic rings. The lowest BCUT2D eigenvalue weighted by molar-refractivity contribution is -0.274. The first-order chi connectivity index (χ1) is 4.77. The third-order valence-electron chi connectivity index (χ3n) is 0.998. The highest BCUT2D eigenvalue weighted by Gasteiger charge is 2.22. The van der Waals surface area contributed by atoms with E-state index in [0.717, 1.165) is 0 Å². The summed E-state index contributed by atoms with van der Waals surface area (Å²) < 4.78 is 5.25. The van der Waals surface area contributed by atoms with Crippen molar-refractivity contribution >= 4 is 8.32 Å². The molecule has 0 aliphatic heterocycles. The van der Waals surface area contributed by atoms with Gasteiger partial charge in [0.25, 0.3) is 0 Å². The van der Waals surface area contributed by atoms with Crippen molar-refractivity contribution in [2.45, 2.75) is 39.1 Å². The van der Waals surface area contributed by atoms with Crippen molar-refractivity contribution in [2.75, 3.05) is 0 Å². The maximum absolute atomic E-state index is 5.25. The Morgan fingerprint density at radius 1 is 1.27 bits per heavy atom. The molecule has 2 nitrogen and oxygen atoms in total. The smallest absolute Gasteiger partial charge is 0.230 e. The summed E-state index contributed by atoms with van der Waals surface area (Å²) in [6.07, 6.45) is 1.73. The standard InChI is InChI=1S/C8H18O2Si/c1-7-8(2,3)9-10-11(4,5)6/h7H,1H2,2-6H3. The summed E-state index contributed by atoms with van der Waals surface area (Å²) in [5, 5.41) is 0. The van der Waals surface area contributed by atoms with Crippen LogP contribution in [0.2, 0.25) is 19.6 Å². The van der Waals surface area contributed by atoms with Crippen molar-refractivity contribution in [3.63, 3.8) is 0 Å². The SMILES string of the molecule is C=CC(C)(C)OO[Si](C)(C)C. The first-order valence-electron chi connectivity index (χ1n) is 3.77. The third kappa shape index (κ3) is 6.28. The molecule has 0 atom stereocenters. The van der Waals surface area contributed by atoms with E-state index in [4.69, 9.17) is 9.46 Å². The molecule has 0 aromatic rings. The Kier molecular flexibility index (Phi) is 3.48. The van der Waals surface area contributed by atoms with E-state index in [-0.39, 0.29) is 5.60 Å². The number of rotatable bonds is 4. The second kappa shape index (κ2) is 3.52. The molecule has 0 fully saturated rings. The van der Waals surface area contributed by atoms with Crippen LogP contribution >= 0.6 is 0 Å². The van der Waals surface area contributed by atoms with Gasteiger partial charge in [-0.3, -0.25) is 4.58 Å². The zero-order chi connectivity index (χ0) is 9.12.